The Balaban J connectivity index is 2.58. The van der Waals surface area contributed by atoms with Gasteiger partial charge in [0, 0.05) is 6.61 Å². The van der Waals surface area contributed by atoms with E-state index in [1.54, 1.807) is 6.08 Å². The maximum Gasteiger partial charge on any atom is 0.312 e. The molecule has 3 heteroatoms. The number of rotatable bonds is 4. The molecule has 1 heterocycles. The van der Waals surface area contributed by atoms with E-state index >= 15 is 0 Å². The summed E-state index contributed by atoms with van der Waals surface area (Å²) in [5, 5.41) is 8.98. The molecule has 0 amide bonds. The average Bonchev–Trinajstić information content (AvgIpc) is 2.50. The Morgan fingerprint density at radius 2 is 2.50 bits per heavy atom. The van der Waals surface area contributed by atoms with Crippen molar-refractivity contribution in [1.82, 2.24) is 0 Å². The van der Waals surface area contributed by atoms with Gasteiger partial charge in [-0.3, -0.25) is 4.79 Å². The fourth-order valence-electron chi connectivity index (χ4n) is 1.46. The van der Waals surface area contributed by atoms with Crippen LogP contribution in [-0.2, 0) is 9.53 Å². The van der Waals surface area contributed by atoms with Crippen LogP contribution in [0.2, 0.25) is 0 Å². The molecule has 1 fully saturated rings. The third-order valence-corrected chi connectivity index (χ3v) is 2.38. The lowest BCUT2D eigenvalue weighted by Gasteiger charge is -2.20. The quantitative estimate of drug-likeness (QED) is 0.649. The highest BCUT2D eigenvalue weighted by Gasteiger charge is 2.41. The van der Waals surface area contributed by atoms with Crippen molar-refractivity contribution >= 4 is 5.97 Å². The summed E-state index contributed by atoms with van der Waals surface area (Å²) in [6.07, 6.45) is 3.78. The van der Waals surface area contributed by atoms with Gasteiger partial charge in [0.15, 0.2) is 0 Å². The van der Waals surface area contributed by atoms with Gasteiger partial charge in [-0.25, -0.2) is 0 Å². The second kappa shape index (κ2) is 3.72. The van der Waals surface area contributed by atoms with Crippen molar-refractivity contribution in [1.29, 1.82) is 0 Å². The Kier molecular flexibility index (Phi) is 2.87. The van der Waals surface area contributed by atoms with E-state index in [1.807, 2.05) is 0 Å². The Morgan fingerprint density at radius 3 is 2.92 bits per heavy atom. The third kappa shape index (κ3) is 1.67. The van der Waals surface area contributed by atoms with E-state index in [4.69, 9.17) is 9.84 Å². The first kappa shape index (κ1) is 9.26. The summed E-state index contributed by atoms with van der Waals surface area (Å²) in [4.78, 5) is 10.9. The van der Waals surface area contributed by atoms with Gasteiger partial charge in [-0.15, -0.1) is 6.58 Å². The summed E-state index contributed by atoms with van der Waals surface area (Å²) >= 11 is 0. The number of aliphatic carboxylic acids is 1. The predicted octanol–water partition coefficient (Wildman–Crippen LogP) is 1.44. The summed E-state index contributed by atoms with van der Waals surface area (Å²) in [7, 11) is 0. The number of carboxylic acids is 1. The van der Waals surface area contributed by atoms with Crippen molar-refractivity contribution in [3.63, 3.8) is 0 Å². The smallest absolute Gasteiger partial charge is 0.312 e. The van der Waals surface area contributed by atoms with Crippen LogP contribution in [0.25, 0.3) is 0 Å². The van der Waals surface area contributed by atoms with Gasteiger partial charge in [0.25, 0.3) is 0 Å². The van der Waals surface area contributed by atoms with Gasteiger partial charge in [0.1, 0.15) is 0 Å². The molecule has 1 saturated heterocycles. The standard InChI is InChI=1S/C9H14O3/c1-2-3-4-9(8(10)11)5-6-12-7-9/h2H,1,3-7H2,(H,10,11). The molecule has 0 radical (unpaired) electrons. The van der Waals surface area contributed by atoms with Gasteiger partial charge >= 0.3 is 5.97 Å². The summed E-state index contributed by atoms with van der Waals surface area (Å²) < 4.78 is 5.10. The van der Waals surface area contributed by atoms with E-state index in [0.717, 1.165) is 6.42 Å². The van der Waals surface area contributed by atoms with Crippen LogP contribution in [-0.4, -0.2) is 24.3 Å². The van der Waals surface area contributed by atoms with Crippen molar-refractivity contribution in [2.75, 3.05) is 13.2 Å². The fraction of sp³-hybridized carbons (Fsp3) is 0.667. The number of hydrogen-bond donors (Lipinski definition) is 1. The molecular weight excluding hydrogens is 156 g/mol. The van der Waals surface area contributed by atoms with Crippen LogP contribution in [0.3, 0.4) is 0 Å². The van der Waals surface area contributed by atoms with E-state index in [9.17, 15) is 4.79 Å². The van der Waals surface area contributed by atoms with Crippen molar-refractivity contribution in [3.05, 3.63) is 12.7 Å². The zero-order chi connectivity index (χ0) is 9.03. The van der Waals surface area contributed by atoms with Crippen LogP contribution in [0.5, 0.6) is 0 Å². The molecule has 0 aromatic heterocycles. The molecule has 1 N–H and O–H groups in total. The first-order valence-electron chi connectivity index (χ1n) is 4.13. The fourth-order valence-corrected chi connectivity index (χ4v) is 1.46. The third-order valence-electron chi connectivity index (χ3n) is 2.38. The molecule has 1 unspecified atom stereocenters. The maximum absolute atomic E-state index is 10.9. The molecule has 1 aliphatic rings. The summed E-state index contributed by atoms with van der Waals surface area (Å²) in [6.45, 7) is 4.51. The van der Waals surface area contributed by atoms with Crippen LogP contribution in [0.15, 0.2) is 12.7 Å². The molecule has 1 aliphatic heterocycles. The number of ether oxygens (including phenoxy) is 1. The van der Waals surface area contributed by atoms with Gasteiger partial charge < -0.3 is 9.84 Å². The summed E-state index contributed by atoms with van der Waals surface area (Å²) in [6, 6.07) is 0. The first-order valence-corrected chi connectivity index (χ1v) is 4.13. The molecule has 1 rings (SSSR count). The van der Waals surface area contributed by atoms with Gasteiger partial charge in [0.2, 0.25) is 0 Å². The zero-order valence-corrected chi connectivity index (χ0v) is 7.08. The molecule has 0 aromatic carbocycles. The van der Waals surface area contributed by atoms with Gasteiger partial charge in [0.05, 0.1) is 12.0 Å². The molecular formula is C9H14O3. The van der Waals surface area contributed by atoms with Crippen LogP contribution in [0.1, 0.15) is 19.3 Å². The second-order valence-corrected chi connectivity index (χ2v) is 3.22. The number of hydrogen-bond acceptors (Lipinski definition) is 2. The van der Waals surface area contributed by atoms with Crippen LogP contribution >= 0.6 is 0 Å². The average molecular weight is 170 g/mol. The van der Waals surface area contributed by atoms with E-state index in [0.29, 0.717) is 26.1 Å². The Labute approximate surface area is 72.0 Å². The van der Waals surface area contributed by atoms with Gasteiger partial charge in [-0.05, 0) is 19.3 Å². The van der Waals surface area contributed by atoms with Gasteiger partial charge in [-0.2, -0.15) is 0 Å². The van der Waals surface area contributed by atoms with E-state index < -0.39 is 11.4 Å². The Hall–Kier alpha value is -0.830. The highest BCUT2D eigenvalue weighted by Crippen LogP contribution is 2.33. The number of allylic oxidation sites excluding steroid dienone is 1. The molecule has 68 valence electrons. The SMILES string of the molecule is C=CCCC1(C(=O)O)CCOC1. The molecule has 0 saturated carbocycles. The molecule has 0 spiro atoms. The molecule has 0 bridgehead atoms. The predicted molar refractivity (Wildman–Crippen MR) is 44.9 cm³/mol. The molecule has 1 atom stereocenters. The minimum Gasteiger partial charge on any atom is -0.481 e. The molecule has 12 heavy (non-hydrogen) atoms. The lowest BCUT2D eigenvalue weighted by Crippen LogP contribution is -2.31. The van der Waals surface area contributed by atoms with Crippen molar-refractivity contribution in [3.8, 4) is 0 Å². The zero-order valence-electron chi connectivity index (χ0n) is 7.08. The first-order chi connectivity index (χ1) is 5.71. The largest absolute Gasteiger partial charge is 0.481 e. The number of carbonyl (C=O) groups is 1. The Morgan fingerprint density at radius 1 is 1.75 bits per heavy atom. The highest BCUT2D eigenvalue weighted by molar-refractivity contribution is 5.75. The van der Waals surface area contributed by atoms with Crippen LogP contribution < -0.4 is 0 Å². The second-order valence-electron chi connectivity index (χ2n) is 3.22. The Bertz CT molecular complexity index is 180. The van der Waals surface area contributed by atoms with Crippen LogP contribution in [0, 0.1) is 5.41 Å². The van der Waals surface area contributed by atoms with Gasteiger partial charge in [-0.1, -0.05) is 6.08 Å². The topological polar surface area (TPSA) is 46.5 Å². The molecule has 0 aliphatic carbocycles. The highest BCUT2D eigenvalue weighted by atomic mass is 16.5. The minimum atomic E-state index is -0.734. The lowest BCUT2D eigenvalue weighted by molar-refractivity contribution is -0.149. The maximum atomic E-state index is 10.9. The number of carboxylic acid groups (broad SMARTS) is 1. The summed E-state index contributed by atoms with van der Waals surface area (Å²) in [5.74, 6) is -0.734. The summed E-state index contributed by atoms with van der Waals surface area (Å²) in [5.41, 5.74) is -0.631. The molecule has 3 nitrogen and oxygen atoms in total. The van der Waals surface area contributed by atoms with Crippen molar-refractivity contribution in [2.24, 2.45) is 5.41 Å². The normalized spacial score (nSPS) is 28.7. The van der Waals surface area contributed by atoms with E-state index in [-0.39, 0.29) is 0 Å². The lowest BCUT2D eigenvalue weighted by atomic mass is 9.83. The van der Waals surface area contributed by atoms with E-state index in [1.165, 1.54) is 0 Å². The van der Waals surface area contributed by atoms with Crippen LogP contribution in [0.4, 0.5) is 0 Å². The van der Waals surface area contributed by atoms with E-state index in [2.05, 4.69) is 6.58 Å². The monoisotopic (exact) mass is 170 g/mol. The van der Waals surface area contributed by atoms with Crippen molar-refractivity contribution < 1.29 is 14.6 Å². The molecule has 0 aromatic rings. The van der Waals surface area contributed by atoms with Crippen molar-refractivity contribution in [2.45, 2.75) is 19.3 Å². The minimum absolute atomic E-state index is 0.357.